The number of hydrogen-bond donors (Lipinski definition) is 0. The summed E-state index contributed by atoms with van der Waals surface area (Å²) >= 11 is 1.17. The molecule has 0 fully saturated rings. The molecule has 1 aliphatic rings. The maximum Gasteiger partial charge on any atom is 0.338 e. The number of esters is 2. The summed E-state index contributed by atoms with van der Waals surface area (Å²) in [7, 11) is 4.49. The Bertz CT molecular complexity index is 1700. The number of aromatic nitrogens is 1. The number of allylic oxidation sites excluding steroid dienone is 1. The van der Waals surface area contributed by atoms with E-state index in [1.54, 1.807) is 49.4 Å². The Balaban J connectivity index is 1.97. The van der Waals surface area contributed by atoms with Crippen molar-refractivity contribution in [3.05, 3.63) is 91.1 Å². The minimum absolute atomic E-state index is 0.0168. The van der Waals surface area contributed by atoms with E-state index in [1.165, 1.54) is 50.2 Å². The molecule has 2 heterocycles. The molecule has 0 N–H and O–H groups in total. The van der Waals surface area contributed by atoms with E-state index in [0.717, 1.165) is 0 Å². The standard InChI is InChI=1S/C29H28N2O8S/c1-7-13-38-28(34)24-16(2)30-29-31(25(24)18-11-12-20(39-17(3)32)22(14-18)36-5)27(33)23(40-29)15-19-9-8-10-21(35-4)26(19)37-6/h7-12,14-15,25H,1,13H2,2-6H3. The Hall–Kier alpha value is -4.64. The molecule has 1 aliphatic heterocycles. The summed E-state index contributed by atoms with van der Waals surface area (Å²) in [6, 6.07) is 9.28. The zero-order valence-electron chi connectivity index (χ0n) is 22.7. The van der Waals surface area contributed by atoms with Crippen LogP contribution in [0.5, 0.6) is 23.0 Å². The molecule has 0 saturated heterocycles. The average molecular weight is 565 g/mol. The van der Waals surface area contributed by atoms with Gasteiger partial charge in [0.2, 0.25) is 0 Å². The van der Waals surface area contributed by atoms with Crippen LogP contribution in [0.15, 0.2) is 70.1 Å². The molecule has 4 rings (SSSR count). The number of thiazole rings is 1. The third-order valence-corrected chi connectivity index (χ3v) is 7.03. The molecule has 0 amide bonds. The van der Waals surface area contributed by atoms with E-state index in [4.69, 9.17) is 23.7 Å². The lowest BCUT2D eigenvalue weighted by Crippen LogP contribution is -2.40. The molecular weight excluding hydrogens is 536 g/mol. The first-order chi connectivity index (χ1) is 19.2. The van der Waals surface area contributed by atoms with Crippen LogP contribution in [-0.4, -0.2) is 44.4 Å². The first-order valence-corrected chi connectivity index (χ1v) is 12.9. The summed E-state index contributed by atoms with van der Waals surface area (Å²) < 4.78 is 28.8. The zero-order valence-corrected chi connectivity index (χ0v) is 23.5. The van der Waals surface area contributed by atoms with Crippen LogP contribution >= 0.6 is 11.3 Å². The molecule has 1 atom stereocenters. The number of hydrogen-bond acceptors (Lipinski definition) is 10. The van der Waals surface area contributed by atoms with Crippen LogP contribution in [0.25, 0.3) is 6.08 Å². The summed E-state index contributed by atoms with van der Waals surface area (Å²) in [6.45, 7) is 6.55. The summed E-state index contributed by atoms with van der Waals surface area (Å²) in [6.07, 6.45) is 3.15. The van der Waals surface area contributed by atoms with Crippen molar-refractivity contribution < 1.29 is 33.3 Å². The van der Waals surface area contributed by atoms with Crippen LogP contribution in [0.1, 0.15) is 31.0 Å². The van der Waals surface area contributed by atoms with E-state index in [-0.39, 0.29) is 29.2 Å². The topological polar surface area (TPSA) is 115 Å². The minimum Gasteiger partial charge on any atom is -0.493 e. The molecule has 2 aromatic carbocycles. The van der Waals surface area contributed by atoms with Crippen molar-refractivity contribution >= 4 is 29.4 Å². The number of benzene rings is 2. The molecule has 0 saturated carbocycles. The number of ether oxygens (including phenoxy) is 5. The van der Waals surface area contributed by atoms with Crippen LogP contribution in [-0.2, 0) is 14.3 Å². The second-order valence-electron chi connectivity index (χ2n) is 8.56. The highest BCUT2D eigenvalue weighted by atomic mass is 32.1. The van der Waals surface area contributed by atoms with Gasteiger partial charge in [-0.2, -0.15) is 0 Å². The molecule has 0 radical (unpaired) electrons. The second-order valence-corrected chi connectivity index (χ2v) is 9.56. The van der Waals surface area contributed by atoms with E-state index < -0.39 is 18.0 Å². The van der Waals surface area contributed by atoms with Crippen molar-refractivity contribution in [3.8, 4) is 23.0 Å². The molecule has 1 unspecified atom stereocenters. The smallest absolute Gasteiger partial charge is 0.338 e. The molecule has 208 valence electrons. The largest absolute Gasteiger partial charge is 0.493 e. The van der Waals surface area contributed by atoms with Gasteiger partial charge >= 0.3 is 11.9 Å². The van der Waals surface area contributed by atoms with Gasteiger partial charge in [0, 0.05) is 12.5 Å². The van der Waals surface area contributed by atoms with E-state index in [1.807, 2.05) is 0 Å². The average Bonchev–Trinajstić information content (AvgIpc) is 3.24. The quantitative estimate of drug-likeness (QED) is 0.221. The maximum atomic E-state index is 13.9. The van der Waals surface area contributed by atoms with Crippen LogP contribution in [0.2, 0.25) is 0 Å². The Labute approximate surface area is 234 Å². The third kappa shape index (κ3) is 5.41. The number of carbonyl (C=O) groups is 2. The van der Waals surface area contributed by atoms with Gasteiger partial charge in [-0.1, -0.05) is 42.2 Å². The van der Waals surface area contributed by atoms with Gasteiger partial charge in [0.1, 0.15) is 6.61 Å². The Kier molecular flexibility index (Phi) is 8.54. The first kappa shape index (κ1) is 28.4. The molecule has 11 heteroatoms. The highest BCUT2D eigenvalue weighted by Crippen LogP contribution is 2.36. The van der Waals surface area contributed by atoms with Gasteiger partial charge in [0.05, 0.1) is 43.2 Å². The highest BCUT2D eigenvalue weighted by molar-refractivity contribution is 7.07. The first-order valence-electron chi connectivity index (χ1n) is 12.1. The van der Waals surface area contributed by atoms with Crippen molar-refractivity contribution in [1.82, 2.24) is 4.57 Å². The Morgan fingerprint density at radius 1 is 1.07 bits per heavy atom. The molecule has 1 aromatic heterocycles. The summed E-state index contributed by atoms with van der Waals surface area (Å²) in [4.78, 5) is 43.7. The lowest BCUT2D eigenvalue weighted by Gasteiger charge is -2.25. The van der Waals surface area contributed by atoms with Gasteiger partial charge in [0.25, 0.3) is 5.56 Å². The van der Waals surface area contributed by atoms with Crippen LogP contribution in [0.4, 0.5) is 0 Å². The van der Waals surface area contributed by atoms with Crippen molar-refractivity contribution in [1.29, 1.82) is 0 Å². The molecule has 0 spiro atoms. The van der Waals surface area contributed by atoms with E-state index in [2.05, 4.69) is 11.6 Å². The van der Waals surface area contributed by atoms with E-state index in [9.17, 15) is 14.4 Å². The lowest BCUT2D eigenvalue weighted by atomic mass is 9.95. The SMILES string of the molecule is C=CCOC(=O)C1=C(C)N=c2sc(=Cc3cccc(OC)c3OC)c(=O)n2C1c1ccc(OC(C)=O)c(OC)c1. The second kappa shape index (κ2) is 12.0. The fourth-order valence-corrected chi connectivity index (χ4v) is 5.41. The summed E-state index contributed by atoms with van der Waals surface area (Å²) in [5.74, 6) is 0.291. The summed E-state index contributed by atoms with van der Waals surface area (Å²) in [5.41, 5.74) is 1.37. The normalized spacial score (nSPS) is 14.6. The van der Waals surface area contributed by atoms with Crippen molar-refractivity contribution in [3.63, 3.8) is 0 Å². The van der Waals surface area contributed by atoms with Gasteiger partial charge in [0.15, 0.2) is 27.8 Å². The maximum absolute atomic E-state index is 13.9. The number of para-hydroxylation sites is 1. The number of fused-ring (bicyclic) bond motifs is 1. The van der Waals surface area contributed by atoms with Crippen molar-refractivity contribution in [2.24, 2.45) is 4.99 Å². The van der Waals surface area contributed by atoms with Gasteiger partial charge < -0.3 is 23.7 Å². The summed E-state index contributed by atoms with van der Waals surface area (Å²) in [5, 5.41) is 0. The molecule has 40 heavy (non-hydrogen) atoms. The minimum atomic E-state index is -0.900. The van der Waals surface area contributed by atoms with Gasteiger partial charge in [-0.05, 0) is 36.8 Å². The van der Waals surface area contributed by atoms with Gasteiger partial charge in [-0.3, -0.25) is 14.2 Å². The van der Waals surface area contributed by atoms with E-state index >= 15 is 0 Å². The fraction of sp³-hybridized carbons (Fsp3) is 0.241. The van der Waals surface area contributed by atoms with Crippen LogP contribution in [0.3, 0.4) is 0 Å². The molecule has 0 bridgehead atoms. The van der Waals surface area contributed by atoms with Gasteiger partial charge in [-0.15, -0.1) is 0 Å². The molecule has 10 nitrogen and oxygen atoms in total. The third-order valence-electron chi connectivity index (χ3n) is 6.05. The number of methoxy groups -OCH3 is 3. The highest BCUT2D eigenvalue weighted by Gasteiger charge is 2.34. The predicted octanol–water partition coefficient (Wildman–Crippen LogP) is 2.92. The monoisotopic (exact) mass is 564 g/mol. The fourth-order valence-electron chi connectivity index (χ4n) is 4.37. The Morgan fingerprint density at radius 3 is 2.48 bits per heavy atom. The number of nitrogens with zero attached hydrogens (tertiary/aromatic N) is 2. The zero-order chi connectivity index (χ0) is 29.0. The number of rotatable bonds is 9. The van der Waals surface area contributed by atoms with Crippen LogP contribution < -0.4 is 33.8 Å². The van der Waals surface area contributed by atoms with Crippen LogP contribution in [0, 0.1) is 0 Å². The van der Waals surface area contributed by atoms with Crippen molar-refractivity contribution in [2.45, 2.75) is 19.9 Å². The van der Waals surface area contributed by atoms with E-state index in [0.29, 0.717) is 37.7 Å². The van der Waals surface area contributed by atoms with Crippen molar-refractivity contribution in [2.75, 3.05) is 27.9 Å². The predicted molar refractivity (Wildman–Crippen MR) is 149 cm³/mol. The van der Waals surface area contributed by atoms with Gasteiger partial charge in [-0.25, -0.2) is 9.79 Å². The lowest BCUT2D eigenvalue weighted by molar-refractivity contribution is -0.138. The molecule has 0 aliphatic carbocycles. The Morgan fingerprint density at radius 2 is 1.82 bits per heavy atom. The molecular formula is C29H28N2O8S. The number of carbonyl (C=O) groups excluding carboxylic acids is 2. The molecule has 3 aromatic rings.